The smallest absolute Gasteiger partial charge is 0.390 e. The van der Waals surface area contributed by atoms with Crippen molar-refractivity contribution in [2.45, 2.75) is 18.6 Å². The molecule has 0 aliphatic heterocycles. The number of hydrogen-bond acceptors (Lipinski definition) is 2. The highest BCUT2D eigenvalue weighted by molar-refractivity contribution is 5.25. The van der Waals surface area contributed by atoms with Crippen LogP contribution >= 0.6 is 0 Å². The van der Waals surface area contributed by atoms with E-state index in [0.29, 0.717) is 0 Å². The molecule has 2 N–H and O–H groups in total. The van der Waals surface area contributed by atoms with Gasteiger partial charge in [-0.15, -0.1) is 0 Å². The average Bonchev–Trinajstić information content (AvgIpc) is 2.28. The molecule has 0 aliphatic rings. The molecule has 0 fully saturated rings. The first-order chi connectivity index (χ1) is 8.24. The Morgan fingerprint density at radius 1 is 1.11 bits per heavy atom. The highest BCUT2D eigenvalue weighted by Crippen LogP contribution is 2.29. The summed E-state index contributed by atoms with van der Waals surface area (Å²) in [5, 5.41) is 10.6. The van der Waals surface area contributed by atoms with E-state index in [0.717, 1.165) is 12.1 Å². The van der Waals surface area contributed by atoms with Crippen molar-refractivity contribution in [3.05, 3.63) is 35.4 Å². The molecule has 0 saturated heterocycles. The zero-order chi connectivity index (χ0) is 13.8. The molecule has 0 bridgehead atoms. The summed E-state index contributed by atoms with van der Waals surface area (Å²) < 4.78 is 62.3. The molecule has 102 valence electrons. The molecule has 1 aromatic carbocycles. The quantitative estimate of drug-likeness (QED) is 0.805. The van der Waals surface area contributed by atoms with Gasteiger partial charge in [-0.25, -0.2) is 8.78 Å². The minimum absolute atomic E-state index is 0.125. The van der Waals surface area contributed by atoms with Crippen molar-refractivity contribution in [2.75, 3.05) is 13.2 Å². The molecule has 0 atom stereocenters. The summed E-state index contributed by atoms with van der Waals surface area (Å²) in [6.45, 7) is -2.22. The van der Waals surface area contributed by atoms with Gasteiger partial charge in [0.05, 0.1) is 12.1 Å². The van der Waals surface area contributed by atoms with Gasteiger partial charge in [0.25, 0.3) is 5.92 Å². The van der Waals surface area contributed by atoms with Crippen LogP contribution in [0.2, 0.25) is 0 Å². The van der Waals surface area contributed by atoms with Crippen LogP contribution in [-0.4, -0.2) is 24.2 Å². The van der Waals surface area contributed by atoms with Gasteiger partial charge in [-0.1, -0.05) is 18.2 Å². The van der Waals surface area contributed by atoms with Gasteiger partial charge in [-0.05, 0) is 11.6 Å². The molecule has 1 aromatic rings. The fraction of sp³-hybridized carbons (Fsp3) is 0.455. The largest absolute Gasteiger partial charge is 0.416 e. The normalized spacial score (nSPS) is 12.8. The highest BCUT2D eigenvalue weighted by Gasteiger charge is 2.30. The van der Waals surface area contributed by atoms with E-state index in [4.69, 9.17) is 5.11 Å². The molecule has 0 heterocycles. The third-order valence-electron chi connectivity index (χ3n) is 2.20. The van der Waals surface area contributed by atoms with Crippen LogP contribution in [0, 0.1) is 0 Å². The summed E-state index contributed by atoms with van der Waals surface area (Å²) in [6, 6.07) is 4.42. The van der Waals surface area contributed by atoms with E-state index in [2.05, 4.69) is 5.32 Å². The number of benzene rings is 1. The first-order valence-electron chi connectivity index (χ1n) is 5.10. The second-order valence-corrected chi connectivity index (χ2v) is 3.82. The van der Waals surface area contributed by atoms with E-state index in [9.17, 15) is 22.0 Å². The maximum Gasteiger partial charge on any atom is 0.416 e. The van der Waals surface area contributed by atoms with Crippen LogP contribution in [0.15, 0.2) is 24.3 Å². The Kier molecular flexibility index (Phi) is 4.64. The Morgan fingerprint density at radius 3 is 2.33 bits per heavy atom. The molecule has 0 amide bonds. The molecule has 18 heavy (non-hydrogen) atoms. The zero-order valence-electron chi connectivity index (χ0n) is 9.27. The van der Waals surface area contributed by atoms with Gasteiger partial charge < -0.3 is 10.4 Å². The fourth-order valence-electron chi connectivity index (χ4n) is 1.30. The summed E-state index contributed by atoms with van der Waals surface area (Å²) in [4.78, 5) is 0. The number of rotatable bonds is 5. The van der Waals surface area contributed by atoms with Crippen molar-refractivity contribution in [3.63, 3.8) is 0 Å². The van der Waals surface area contributed by atoms with Crippen LogP contribution in [0.25, 0.3) is 0 Å². The van der Waals surface area contributed by atoms with Crippen molar-refractivity contribution in [3.8, 4) is 0 Å². The summed E-state index contributed by atoms with van der Waals surface area (Å²) in [7, 11) is 0. The second kappa shape index (κ2) is 5.62. The minimum atomic E-state index is -4.45. The van der Waals surface area contributed by atoms with Gasteiger partial charge in [0.15, 0.2) is 0 Å². The standard InChI is InChI=1S/C11H12F5NO/c12-10(13,7-18)6-17-5-8-2-1-3-9(4-8)11(14,15)16/h1-4,17-18H,5-7H2. The van der Waals surface area contributed by atoms with E-state index < -0.39 is 30.8 Å². The van der Waals surface area contributed by atoms with Crippen molar-refractivity contribution < 1.29 is 27.1 Å². The van der Waals surface area contributed by atoms with E-state index >= 15 is 0 Å². The molecule has 0 aromatic heterocycles. The maximum absolute atomic E-state index is 12.6. The zero-order valence-corrected chi connectivity index (χ0v) is 9.27. The molecular weight excluding hydrogens is 257 g/mol. The van der Waals surface area contributed by atoms with Crippen molar-refractivity contribution in [2.24, 2.45) is 0 Å². The molecule has 0 spiro atoms. The lowest BCUT2D eigenvalue weighted by Crippen LogP contribution is -2.35. The van der Waals surface area contributed by atoms with Crippen molar-refractivity contribution in [1.29, 1.82) is 0 Å². The minimum Gasteiger partial charge on any atom is -0.390 e. The molecule has 0 saturated carbocycles. The van der Waals surface area contributed by atoms with Crippen molar-refractivity contribution >= 4 is 0 Å². The number of halogens is 5. The van der Waals surface area contributed by atoms with E-state index in [1.807, 2.05) is 0 Å². The Bertz CT molecular complexity index is 391. The molecular formula is C11H12F5NO. The third kappa shape index (κ3) is 4.58. The van der Waals surface area contributed by atoms with Crippen LogP contribution in [-0.2, 0) is 12.7 Å². The van der Waals surface area contributed by atoms with Crippen LogP contribution in [0.5, 0.6) is 0 Å². The summed E-state index contributed by atoms with van der Waals surface area (Å²) in [6.07, 6.45) is -4.45. The van der Waals surface area contributed by atoms with E-state index in [1.165, 1.54) is 12.1 Å². The predicted molar refractivity (Wildman–Crippen MR) is 55.2 cm³/mol. The number of aliphatic hydroxyl groups excluding tert-OH is 1. The number of aliphatic hydroxyl groups is 1. The van der Waals surface area contributed by atoms with Crippen LogP contribution in [0.1, 0.15) is 11.1 Å². The van der Waals surface area contributed by atoms with Gasteiger partial charge in [0.1, 0.15) is 6.61 Å². The SMILES string of the molecule is OCC(F)(F)CNCc1cccc(C(F)(F)F)c1. The van der Waals surface area contributed by atoms with Gasteiger partial charge >= 0.3 is 6.18 Å². The molecule has 0 radical (unpaired) electrons. The highest BCUT2D eigenvalue weighted by atomic mass is 19.4. The first-order valence-corrected chi connectivity index (χ1v) is 5.10. The van der Waals surface area contributed by atoms with E-state index in [1.54, 1.807) is 0 Å². The summed E-state index contributed by atoms with van der Waals surface area (Å²) in [5.41, 5.74) is -0.575. The number of nitrogens with one attached hydrogen (secondary N) is 1. The first kappa shape index (κ1) is 14.8. The predicted octanol–water partition coefficient (Wildman–Crippen LogP) is 2.42. The van der Waals surface area contributed by atoms with Crippen LogP contribution in [0.4, 0.5) is 22.0 Å². The Hall–Kier alpha value is -1.21. The lowest BCUT2D eigenvalue weighted by Gasteiger charge is -2.14. The lowest BCUT2D eigenvalue weighted by molar-refractivity contribution is -0.137. The van der Waals surface area contributed by atoms with Gasteiger partial charge in [-0.3, -0.25) is 0 Å². The average molecular weight is 269 g/mol. The van der Waals surface area contributed by atoms with E-state index in [-0.39, 0.29) is 12.1 Å². The van der Waals surface area contributed by atoms with Crippen molar-refractivity contribution in [1.82, 2.24) is 5.32 Å². The Morgan fingerprint density at radius 2 is 1.78 bits per heavy atom. The number of hydrogen-bond donors (Lipinski definition) is 2. The second-order valence-electron chi connectivity index (χ2n) is 3.82. The topological polar surface area (TPSA) is 32.3 Å². The fourth-order valence-corrected chi connectivity index (χ4v) is 1.30. The molecule has 0 unspecified atom stereocenters. The van der Waals surface area contributed by atoms with Gasteiger partial charge in [-0.2, -0.15) is 13.2 Å². The molecule has 0 aliphatic carbocycles. The summed E-state index contributed by atoms with van der Waals surface area (Å²) in [5.74, 6) is -3.28. The van der Waals surface area contributed by atoms with Crippen LogP contribution < -0.4 is 5.32 Å². The van der Waals surface area contributed by atoms with Crippen LogP contribution in [0.3, 0.4) is 0 Å². The summed E-state index contributed by atoms with van der Waals surface area (Å²) >= 11 is 0. The molecule has 7 heteroatoms. The van der Waals surface area contributed by atoms with Gasteiger partial charge in [0, 0.05) is 6.54 Å². The maximum atomic E-state index is 12.6. The monoisotopic (exact) mass is 269 g/mol. The Labute approximate surface area is 100 Å². The molecule has 2 nitrogen and oxygen atoms in total. The Balaban J connectivity index is 2.59. The number of alkyl halides is 5. The van der Waals surface area contributed by atoms with Gasteiger partial charge in [0.2, 0.25) is 0 Å². The third-order valence-corrected chi connectivity index (χ3v) is 2.20. The lowest BCUT2D eigenvalue weighted by atomic mass is 10.1. The molecule has 1 rings (SSSR count).